The molecule has 0 aliphatic carbocycles. The molecule has 3 nitrogen and oxygen atoms in total. The standard InChI is InChI=1S/C17H16F3NO2S/c18-17(19,20)15-6-10(9-21)4-5-14(15)16(22)11-7-12-2-1-3-13(8-11)24(12)23/h4-6,11-13H,1-3,7-8H2. The SMILES string of the molecule is N#Cc1ccc(C(=O)C2CC3CCCC(C2)S3=O)c(C(F)(F)F)c1. The molecule has 2 aliphatic heterocycles. The fourth-order valence-electron chi connectivity index (χ4n) is 3.73. The minimum atomic E-state index is -4.69. The van der Waals surface area contributed by atoms with Crippen LogP contribution in [-0.2, 0) is 17.0 Å². The Morgan fingerprint density at radius 3 is 2.38 bits per heavy atom. The number of rotatable bonds is 2. The summed E-state index contributed by atoms with van der Waals surface area (Å²) in [7, 11) is -0.975. The zero-order chi connectivity index (χ0) is 17.5. The molecule has 7 heteroatoms. The molecule has 2 saturated heterocycles. The van der Waals surface area contributed by atoms with E-state index < -0.39 is 34.2 Å². The number of Topliss-reactive ketones (excluding diaryl/α,β-unsaturated/α-hetero) is 1. The van der Waals surface area contributed by atoms with Crippen molar-refractivity contribution in [2.24, 2.45) is 5.92 Å². The monoisotopic (exact) mass is 355 g/mol. The number of alkyl halides is 3. The molecular weight excluding hydrogens is 339 g/mol. The third kappa shape index (κ3) is 3.12. The van der Waals surface area contributed by atoms with Crippen LogP contribution in [0.4, 0.5) is 13.2 Å². The number of carbonyl (C=O) groups is 1. The lowest BCUT2D eigenvalue weighted by molar-refractivity contribution is -0.138. The lowest BCUT2D eigenvalue weighted by atomic mass is 9.83. The Kier molecular flexibility index (Phi) is 4.52. The van der Waals surface area contributed by atoms with Crippen molar-refractivity contribution in [3.8, 4) is 6.07 Å². The maximum Gasteiger partial charge on any atom is 0.417 e. The van der Waals surface area contributed by atoms with Gasteiger partial charge in [0.05, 0.1) is 17.2 Å². The van der Waals surface area contributed by atoms with Crippen molar-refractivity contribution >= 4 is 16.6 Å². The first-order valence-corrected chi connectivity index (χ1v) is 9.14. The minimum Gasteiger partial charge on any atom is -0.294 e. The van der Waals surface area contributed by atoms with Gasteiger partial charge >= 0.3 is 6.18 Å². The van der Waals surface area contributed by atoms with Gasteiger partial charge < -0.3 is 0 Å². The fraction of sp³-hybridized carbons (Fsp3) is 0.529. The van der Waals surface area contributed by atoms with E-state index in [2.05, 4.69) is 0 Å². The highest BCUT2D eigenvalue weighted by molar-refractivity contribution is 7.86. The van der Waals surface area contributed by atoms with Crippen molar-refractivity contribution in [2.45, 2.75) is 48.8 Å². The topological polar surface area (TPSA) is 57.9 Å². The van der Waals surface area contributed by atoms with E-state index in [9.17, 15) is 22.2 Å². The summed E-state index contributed by atoms with van der Waals surface area (Å²) in [5.74, 6) is -1.06. The summed E-state index contributed by atoms with van der Waals surface area (Å²) in [4.78, 5) is 12.7. The van der Waals surface area contributed by atoms with Crippen molar-refractivity contribution < 1.29 is 22.2 Å². The Morgan fingerprint density at radius 1 is 1.21 bits per heavy atom. The molecule has 0 saturated carbocycles. The first kappa shape index (κ1) is 17.2. The average molecular weight is 355 g/mol. The molecule has 2 fully saturated rings. The summed E-state index contributed by atoms with van der Waals surface area (Å²) in [6, 6.07) is 4.75. The lowest BCUT2D eigenvalue weighted by Gasteiger charge is -2.37. The Morgan fingerprint density at radius 2 is 1.83 bits per heavy atom. The Hall–Kier alpha value is -1.68. The van der Waals surface area contributed by atoms with E-state index in [1.54, 1.807) is 6.07 Å². The summed E-state index contributed by atoms with van der Waals surface area (Å²) < 4.78 is 52.0. The molecular formula is C17H16F3NO2S. The highest BCUT2D eigenvalue weighted by Gasteiger charge is 2.43. The second-order valence-electron chi connectivity index (χ2n) is 6.41. The molecule has 0 N–H and O–H groups in total. The summed E-state index contributed by atoms with van der Waals surface area (Å²) in [6.45, 7) is 0. The van der Waals surface area contributed by atoms with E-state index in [0.29, 0.717) is 12.8 Å². The number of fused-ring (bicyclic) bond motifs is 2. The number of nitriles is 1. The van der Waals surface area contributed by atoms with E-state index in [4.69, 9.17) is 5.26 Å². The van der Waals surface area contributed by atoms with Gasteiger partial charge in [-0.05, 0) is 43.9 Å². The van der Waals surface area contributed by atoms with E-state index >= 15 is 0 Å². The highest BCUT2D eigenvalue weighted by atomic mass is 32.2. The molecule has 2 unspecified atom stereocenters. The van der Waals surface area contributed by atoms with Gasteiger partial charge in [-0.3, -0.25) is 9.00 Å². The molecule has 2 bridgehead atoms. The molecule has 2 atom stereocenters. The number of ketones is 1. The summed E-state index contributed by atoms with van der Waals surface area (Å²) in [5.41, 5.74) is -1.55. The molecule has 0 amide bonds. The number of carbonyl (C=O) groups excluding carboxylic acids is 1. The third-order valence-corrected chi connectivity index (χ3v) is 7.06. The summed E-state index contributed by atoms with van der Waals surface area (Å²) in [5, 5.41) is 8.64. The normalized spacial score (nSPS) is 29.8. The third-order valence-electron chi connectivity index (χ3n) is 4.89. The Labute approximate surface area is 140 Å². The van der Waals surface area contributed by atoms with Crippen LogP contribution in [0.5, 0.6) is 0 Å². The van der Waals surface area contributed by atoms with Crippen molar-refractivity contribution in [2.75, 3.05) is 0 Å². The van der Waals surface area contributed by atoms with Crippen molar-refractivity contribution in [1.29, 1.82) is 5.26 Å². The zero-order valence-electron chi connectivity index (χ0n) is 12.8. The molecule has 1 aromatic rings. The van der Waals surface area contributed by atoms with Gasteiger partial charge in [0.25, 0.3) is 0 Å². The quantitative estimate of drug-likeness (QED) is 0.758. The number of benzene rings is 1. The van der Waals surface area contributed by atoms with Gasteiger partial charge in [0.15, 0.2) is 5.78 Å². The van der Waals surface area contributed by atoms with Crippen LogP contribution in [0.15, 0.2) is 18.2 Å². The van der Waals surface area contributed by atoms with Crippen LogP contribution in [0.1, 0.15) is 53.6 Å². The van der Waals surface area contributed by atoms with Crippen molar-refractivity contribution in [3.63, 3.8) is 0 Å². The highest BCUT2D eigenvalue weighted by Crippen LogP contribution is 2.40. The van der Waals surface area contributed by atoms with Crippen molar-refractivity contribution in [1.82, 2.24) is 0 Å². The number of hydrogen-bond acceptors (Lipinski definition) is 3. The van der Waals surface area contributed by atoms with Crippen LogP contribution in [0.2, 0.25) is 0 Å². The van der Waals surface area contributed by atoms with E-state index in [1.807, 2.05) is 0 Å². The van der Waals surface area contributed by atoms with Gasteiger partial charge in [0, 0.05) is 32.8 Å². The van der Waals surface area contributed by atoms with Crippen molar-refractivity contribution in [3.05, 3.63) is 34.9 Å². The lowest BCUT2D eigenvalue weighted by Crippen LogP contribution is -2.41. The molecule has 128 valence electrons. The fourth-order valence-corrected chi connectivity index (χ4v) is 5.92. The van der Waals surface area contributed by atoms with Gasteiger partial charge in [-0.1, -0.05) is 6.42 Å². The van der Waals surface area contributed by atoms with Crippen LogP contribution < -0.4 is 0 Å². The van der Waals surface area contributed by atoms with E-state index in [0.717, 1.165) is 31.4 Å². The second kappa shape index (κ2) is 6.32. The maximum atomic E-state index is 13.3. The summed E-state index contributed by atoms with van der Waals surface area (Å²) in [6.07, 6.45) is -1.41. The smallest absolute Gasteiger partial charge is 0.294 e. The molecule has 3 rings (SSSR count). The first-order valence-electron chi connectivity index (χ1n) is 7.86. The van der Waals surface area contributed by atoms with Crippen LogP contribution in [0, 0.1) is 17.2 Å². The van der Waals surface area contributed by atoms with Gasteiger partial charge in [-0.25, -0.2) is 0 Å². The predicted molar refractivity (Wildman–Crippen MR) is 82.8 cm³/mol. The Bertz CT molecular complexity index is 722. The van der Waals surface area contributed by atoms with E-state index in [-0.39, 0.29) is 21.6 Å². The number of halogens is 3. The van der Waals surface area contributed by atoms with Gasteiger partial charge in [-0.2, -0.15) is 18.4 Å². The van der Waals surface area contributed by atoms with Gasteiger partial charge in [-0.15, -0.1) is 0 Å². The maximum absolute atomic E-state index is 13.3. The van der Waals surface area contributed by atoms with Gasteiger partial charge in [0.2, 0.25) is 0 Å². The number of nitrogens with zero attached hydrogens (tertiary/aromatic N) is 1. The second-order valence-corrected chi connectivity index (χ2v) is 8.40. The molecule has 2 heterocycles. The number of hydrogen-bond donors (Lipinski definition) is 0. The summed E-state index contributed by atoms with van der Waals surface area (Å²) >= 11 is 0. The molecule has 0 aromatic heterocycles. The van der Waals surface area contributed by atoms with E-state index in [1.165, 1.54) is 6.07 Å². The molecule has 0 spiro atoms. The average Bonchev–Trinajstić information content (AvgIpc) is 2.52. The molecule has 24 heavy (non-hydrogen) atoms. The zero-order valence-corrected chi connectivity index (χ0v) is 13.6. The molecule has 2 aliphatic rings. The largest absolute Gasteiger partial charge is 0.417 e. The Balaban J connectivity index is 1.93. The first-order chi connectivity index (χ1) is 11.3. The van der Waals surface area contributed by atoms with Crippen LogP contribution >= 0.6 is 0 Å². The van der Waals surface area contributed by atoms with Crippen LogP contribution in [0.25, 0.3) is 0 Å². The van der Waals surface area contributed by atoms with Crippen LogP contribution in [0.3, 0.4) is 0 Å². The van der Waals surface area contributed by atoms with Crippen LogP contribution in [-0.4, -0.2) is 20.5 Å². The van der Waals surface area contributed by atoms with Gasteiger partial charge in [0.1, 0.15) is 0 Å². The minimum absolute atomic E-state index is 0.0841. The predicted octanol–water partition coefficient (Wildman–Crippen LogP) is 3.84. The molecule has 0 radical (unpaired) electrons. The molecule has 1 aromatic carbocycles.